The van der Waals surface area contributed by atoms with Gasteiger partial charge in [-0.05, 0) is 24.6 Å². The largest absolute Gasteiger partial charge is 0.493 e. The minimum Gasteiger partial charge on any atom is -0.493 e. The van der Waals surface area contributed by atoms with E-state index in [1.54, 1.807) is 19.2 Å². The van der Waals surface area contributed by atoms with E-state index in [0.717, 1.165) is 5.56 Å². The summed E-state index contributed by atoms with van der Waals surface area (Å²) in [5.41, 5.74) is 7.38. The lowest BCUT2D eigenvalue weighted by molar-refractivity contribution is 0.0989. The van der Waals surface area contributed by atoms with Crippen LogP contribution >= 0.6 is 0 Å². The Morgan fingerprint density at radius 1 is 1.44 bits per heavy atom. The number of methoxy groups -OCH3 is 1. The van der Waals surface area contributed by atoms with E-state index in [9.17, 15) is 4.79 Å². The Hall–Kier alpha value is -1.55. The molecule has 1 aromatic rings. The molecule has 0 bridgehead atoms. The van der Waals surface area contributed by atoms with Crippen molar-refractivity contribution in [2.75, 3.05) is 13.7 Å². The lowest BCUT2D eigenvalue weighted by atomic mass is 10.1. The van der Waals surface area contributed by atoms with Crippen LogP contribution in [0.1, 0.15) is 35.3 Å². The fraction of sp³-hybridized carbons (Fsp3) is 0.417. The molecule has 1 aliphatic carbocycles. The minimum atomic E-state index is -0.216. The number of benzene rings is 1. The summed E-state index contributed by atoms with van der Waals surface area (Å²) in [7, 11) is 1.58. The Bertz CT molecular complexity index is 429. The molecule has 0 spiro atoms. The average molecular weight is 221 g/mol. The Labute approximate surface area is 94.3 Å². The van der Waals surface area contributed by atoms with Gasteiger partial charge in [0.1, 0.15) is 0 Å². The monoisotopic (exact) mass is 221 g/mol. The molecule has 0 saturated heterocycles. The minimum absolute atomic E-state index is 0.0751. The topological polar surface area (TPSA) is 61.6 Å². The maximum Gasteiger partial charge on any atom is 0.165 e. The standard InChI is InChI=1S/C12H15NO3/c1-3-16-12-5-8-7(4-11(12)15-2)9(13)6-10(8)14/h4-5,9H,3,6,13H2,1-2H3. The molecule has 86 valence electrons. The van der Waals surface area contributed by atoms with Gasteiger partial charge in [-0.2, -0.15) is 0 Å². The smallest absolute Gasteiger partial charge is 0.165 e. The first-order chi connectivity index (χ1) is 7.67. The first-order valence-corrected chi connectivity index (χ1v) is 5.30. The highest BCUT2D eigenvalue weighted by molar-refractivity contribution is 6.01. The second kappa shape index (κ2) is 4.14. The van der Waals surface area contributed by atoms with Crippen LogP contribution in [0.5, 0.6) is 11.5 Å². The summed E-state index contributed by atoms with van der Waals surface area (Å²) in [6.45, 7) is 2.43. The Morgan fingerprint density at radius 2 is 2.19 bits per heavy atom. The van der Waals surface area contributed by atoms with Gasteiger partial charge in [-0.25, -0.2) is 0 Å². The van der Waals surface area contributed by atoms with E-state index in [1.165, 1.54) is 0 Å². The van der Waals surface area contributed by atoms with Crippen molar-refractivity contribution in [2.45, 2.75) is 19.4 Å². The molecule has 1 atom stereocenters. The zero-order valence-corrected chi connectivity index (χ0v) is 9.45. The van der Waals surface area contributed by atoms with Gasteiger partial charge < -0.3 is 15.2 Å². The van der Waals surface area contributed by atoms with Gasteiger partial charge in [0.25, 0.3) is 0 Å². The normalized spacial score (nSPS) is 18.4. The maximum atomic E-state index is 11.7. The molecule has 1 unspecified atom stereocenters. The van der Waals surface area contributed by atoms with Gasteiger partial charge in [-0.1, -0.05) is 0 Å². The lowest BCUT2D eigenvalue weighted by Gasteiger charge is -2.12. The zero-order chi connectivity index (χ0) is 11.7. The summed E-state index contributed by atoms with van der Waals surface area (Å²) in [5, 5.41) is 0. The van der Waals surface area contributed by atoms with Crippen molar-refractivity contribution < 1.29 is 14.3 Å². The number of hydrogen-bond donors (Lipinski definition) is 1. The molecule has 1 aromatic carbocycles. The highest BCUT2D eigenvalue weighted by Gasteiger charge is 2.28. The van der Waals surface area contributed by atoms with Crippen molar-refractivity contribution in [1.82, 2.24) is 0 Å². The van der Waals surface area contributed by atoms with Gasteiger partial charge in [-0.3, -0.25) is 4.79 Å². The Kier molecular flexibility index (Phi) is 2.83. The van der Waals surface area contributed by atoms with Crippen LogP contribution in [0.15, 0.2) is 12.1 Å². The fourth-order valence-corrected chi connectivity index (χ4v) is 1.97. The molecule has 0 heterocycles. The quantitative estimate of drug-likeness (QED) is 0.843. The molecule has 0 saturated carbocycles. The van der Waals surface area contributed by atoms with E-state index in [-0.39, 0.29) is 11.8 Å². The van der Waals surface area contributed by atoms with Crippen LogP contribution in [0.25, 0.3) is 0 Å². The van der Waals surface area contributed by atoms with Gasteiger partial charge in [0, 0.05) is 18.0 Å². The number of nitrogens with two attached hydrogens (primary N) is 1. The van der Waals surface area contributed by atoms with Crippen molar-refractivity contribution in [3.8, 4) is 11.5 Å². The average Bonchev–Trinajstić information content (AvgIpc) is 2.54. The summed E-state index contributed by atoms with van der Waals surface area (Å²) in [4.78, 5) is 11.7. The summed E-state index contributed by atoms with van der Waals surface area (Å²) in [6, 6.07) is 3.31. The van der Waals surface area contributed by atoms with E-state index >= 15 is 0 Å². The predicted molar refractivity (Wildman–Crippen MR) is 60.0 cm³/mol. The van der Waals surface area contributed by atoms with Crippen molar-refractivity contribution in [3.05, 3.63) is 23.3 Å². The molecule has 4 nitrogen and oxygen atoms in total. The van der Waals surface area contributed by atoms with Crippen LogP contribution in [-0.2, 0) is 0 Å². The highest BCUT2D eigenvalue weighted by atomic mass is 16.5. The molecule has 0 amide bonds. The van der Waals surface area contributed by atoms with Crippen LogP contribution in [-0.4, -0.2) is 19.5 Å². The van der Waals surface area contributed by atoms with Crippen LogP contribution in [0.2, 0.25) is 0 Å². The first-order valence-electron chi connectivity index (χ1n) is 5.30. The second-order valence-electron chi connectivity index (χ2n) is 3.76. The molecular weight excluding hydrogens is 206 g/mol. The molecule has 0 aliphatic heterocycles. The molecule has 2 rings (SSSR count). The predicted octanol–water partition coefficient (Wildman–Crippen LogP) is 1.68. The second-order valence-corrected chi connectivity index (χ2v) is 3.76. The molecule has 4 heteroatoms. The lowest BCUT2D eigenvalue weighted by Crippen LogP contribution is -2.06. The maximum absolute atomic E-state index is 11.7. The molecule has 0 radical (unpaired) electrons. The zero-order valence-electron chi connectivity index (χ0n) is 9.45. The number of carbonyl (C=O) groups excluding carboxylic acids is 1. The summed E-state index contributed by atoms with van der Waals surface area (Å²) < 4.78 is 10.6. The van der Waals surface area contributed by atoms with Gasteiger partial charge >= 0.3 is 0 Å². The molecule has 1 aliphatic rings. The number of fused-ring (bicyclic) bond motifs is 1. The summed E-state index contributed by atoms with van der Waals surface area (Å²) in [6.07, 6.45) is 0.369. The third-order valence-electron chi connectivity index (χ3n) is 2.74. The van der Waals surface area contributed by atoms with Crippen LogP contribution in [0.3, 0.4) is 0 Å². The van der Waals surface area contributed by atoms with Gasteiger partial charge in [0.15, 0.2) is 17.3 Å². The highest BCUT2D eigenvalue weighted by Crippen LogP contribution is 2.38. The molecule has 2 N–H and O–H groups in total. The SMILES string of the molecule is CCOc1cc2c(cc1OC)C(N)CC2=O. The van der Waals surface area contributed by atoms with Crippen molar-refractivity contribution in [1.29, 1.82) is 0 Å². The Morgan fingerprint density at radius 3 is 2.81 bits per heavy atom. The molecule has 16 heavy (non-hydrogen) atoms. The van der Waals surface area contributed by atoms with Gasteiger partial charge in [0.05, 0.1) is 13.7 Å². The molecular formula is C12H15NO3. The number of carbonyl (C=O) groups is 1. The molecule has 0 fully saturated rings. The third-order valence-corrected chi connectivity index (χ3v) is 2.74. The molecule has 0 aromatic heterocycles. The first kappa shape index (κ1) is 11.0. The number of ether oxygens (including phenoxy) is 2. The third kappa shape index (κ3) is 1.65. The summed E-state index contributed by atoms with van der Waals surface area (Å²) in [5.74, 6) is 1.31. The van der Waals surface area contributed by atoms with Crippen LogP contribution in [0, 0.1) is 0 Å². The summed E-state index contributed by atoms with van der Waals surface area (Å²) >= 11 is 0. The van der Waals surface area contributed by atoms with Crippen LogP contribution in [0.4, 0.5) is 0 Å². The number of Topliss-reactive ketones (excluding diaryl/α,β-unsaturated/α-hetero) is 1. The number of ketones is 1. The Balaban J connectivity index is 2.50. The van der Waals surface area contributed by atoms with Crippen molar-refractivity contribution in [3.63, 3.8) is 0 Å². The van der Waals surface area contributed by atoms with E-state index < -0.39 is 0 Å². The van der Waals surface area contributed by atoms with Crippen molar-refractivity contribution in [2.24, 2.45) is 5.73 Å². The van der Waals surface area contributed by atoms with E-state index in [1.807, 2.05) is 6.92 Å². The van der Waals surface area contributed by atoms with E-state index in [2.05, 4.69) is 0 Å². The van der Waals surface area contributed by atoms with E-state index in [0.29, 0.717) is 30.1 Å². The van der Waals surface area contributed by atoms with E-state index in [4.69, 9.17) is 15.2 Å². The number of rotatable bonds is 3. The fourth-order valence-electron chi connectivity index (χ4n) is 1.97. The van der Waals surface area contributed by atoms with Crippen molar-refractivity contribution >= 4 is 5.78 Å². The van der Waals surface area contributed by atoms with Crippen LogP contribution < -0.4 is 15.2 Å². The van der Waals surface area contributed by atoms with Gasteiger partial charge in [-0.15, -0.1) is 0 Å². The number of hydrogen-bond acceptors (Lipinski definition) is 4. The van der Waals surface area contributed by atoms with Gasteiger partial charge in [0.2, 0.25) is 0 Å².